The molecule has 0 N–H and O–H groups in total. The Morgan fingerprint density at radius 1 is 0.397 bits per heavy atom. The molecule has 0 amide bonds. The molecule has 0 spiro atoms. The zero-order valence-corrected chi connectivity index (χ0v) is 31.4. The van der Waals surface area contributed by atoms with Crippen molar-refractivity contribution in [2.24, 2.45) is 0 Å². The van der Waals surface area contributed by atoms with E-state index in [9.17, 15) is 0 Å². The van der Waals surface area contributed by atoms with Crippen LogP contribution in [0.1, 0.15) is 24.2 Å². The molecule has 3 heterocycles. The minimum atomic E-state index is 0.646. The highest BCUT2D eigenvalue weighted by molar-refractivity contribution is 6.20. The second-order valence-electron chi connectivity index (χ2n) is 15.1. The number of aromatic nitrogens is 4. The van der Waals surface area contributed by atoms with Crippen molar-refractivity contribution in [1.82, 2.24) is 19.5 Å². The van der Waals surface area contributed by atoms with Gasteiger partial charge in [-0.3, -0.25) is 0 Å². The molecule has 0 unspecified atom stereocenters. The molecule has 5 heteroatoms. The fraction of sp³-hybridized carbons (Fsp3) is 0.0377. The summed E-state index contributed by atoms with van der Waals surface area (Å²) in [7, 11) is 0. The zero-order chi connectivity index (χ0) is 38.2. The Labute approximate surface area is 333 Å². The lowest BCUT2D eigenvalue weighted by Crippen LogP contribution is -2.04. The molecule has 0 bridgehead atoms. The largest absolute Gasteiger partial charge is 0.456 e. The molecular formula is C53H34N4O. The van der Waals surface area contributed by atoms with Gasteiger partial charge in [0.15, 0.2) is 17.5 Å². The summed E-state index contributed by atoms with van der Waals surface area (Å²) >= 11 is 0. The maximum atomic E-state index is 6.12. The second-order valence-corrected chi connectivity index (χ2v) is 15.1. The van der Waals surface area contributed by atoms with Crippen LogP contribution in [0.5, 0.6) is 0 Å². The fourth-order valence-electron chi connectivity index (χ4n) is 8.85. The monoisotopic (exact) mass is 742 g/mol. The van der Waals surface area contributed by atoms with Crippen molar-refractivity contribution in [2.45, 2.75) is 12.8 Å². The molecule has 0 atom stereocenters. The second kappa shape index (κ2) is 13.0. The van der Waals surface area contributed by atoms with Gasteiger partial charge in [0.25, 0.3) is 0 Å². The number of allylic oxidation sites excluding steroid dienone is 4. The smallest absolute Gasteiger partial charge is 0.164 e. The Morgan fingerprint density at radius 3 is 1.84 bits per heavy atom. The van der Waals surface area contributed by atoms with Crippen molar-refractivity contribution in [2.75, 3.05) is 0 Å². The molecule has 0 saturated heterocycles. The van der Waals surface area contributed by atoms with Crippen LogP contribution in [0, 0.1) is 0 Å². The van der Waals surface area contributed by atoms with E-state index in [0.717, 1.165) is 57.2 Å². The molecular weight excluding hydrogens is 709 g/mol. The standard InChI is InChI=1S/C53H34N4O/c1-2-11-36(12-3-1)51-54-52(56-53(55-51)40-25-29-49-46(31-40)43-16-8-9-17-48(43)58-49)37-20-18-33(19-21-37)34-22-26-41(27-23-34)57-47-32-39-14-5-4-13-38(39)30-45(47)44-28-24-35-10-6-7-15-42(35)50(44)57/h1-18,20,22-32H,19,21H2. The molecule has 0 fully saturated rings. The molecule has 1 aliphatic carbocycles. The minimum Gasteiger partial charge on any atom is -0.456 e. The van der Waals surface area contributed by atoms with E-state index in [-0.39, 0.29) is 0 Å². The maximum absolute atomic E-state index is 6.12. The number of para-hydroxylation sites is 1. The Balaban J connectivity index is 0.931. The Bertz CT molecular complexity index is 3500. The first kappa shape index (κ1) is 32.6. The average molecular weight is 743 g/mol. The van der Waals surface area contributed by atoms with Gasteiger partial charge in [-0.15, -0.1) is 0 Å². The van der Waals surface area contributed by atoms with Crippen LogP contribution in [0.3, 0.4) is 0 Å². The summed E-state index contributed by atoms with van der Waals surface area (Å²) in [5, 5.41) is 9.65. The molecule has 272 valence electrons. The summed E-state index contributed by atoms with van der Waals surface area (Å²) in [6.07, 6.45) is 6.13. The average Bonchev–Trinajstić information content (AvgIpc) is 3.83. The first-order valence-corrected chi connectivity index (χ1v) is 19.8. The molecule has 58 heavy (non-hydrogen) atoms. The van der Waals surface area contributed by atoms with E-state index in [0.29, 0.717) is 17.5 Å². The van der Waals surface area contributed by atoms with Gasteiger partial charge in [-0.2, -0.15) is 0 Å². The van der Waals surface area contributed by atoms with Crippen LogP contribution in [0.15, 0.2) is 186 Å². The predicted molar refractivity (Wildman–Crippen MR) is 239 cm³/mol. The Morgan fingerprint density at radius 2 is 1.03 bits per heavy atom. The van der Waals surface area contributed by atoms with Crippen molar-refractivity contribution in [3.8, 4) is 28.5 Å². The third-order valence-electron chi connectivity index (χ3n) is 11.8. The maximum Gasteiger partial charge on any atom is 0.164 e. The number of rotatable bonds is 5. The highest BCUT2D eigenvalue weighted by atomic mass is 16.3. The van der Waals surface area contributed by atoms with Gasteiger partial charge in [-0.25, -0.2) is 15.0 Å². The fourth-order valence-corrected chi connectivity index (χ4v) is 8.85. The van der Waals surface area contributed by atoms with Gasteiger partial charge < -0.3 is 8.98 Å². The summed E-state index contributed by atoms with van der Waals surface area (Å²) in [6, 6.07) is 60.2. The van der Waals surface area contributed by atoms with Gasteiger partial charge in [0.1, 0.15) is 11.2 Å². The van der Waals surface area contributed by atoms with Crippen LogP contribution in [0.25, 0.3) is 105 Å². The number of fused-ring (bicyclic) bond motifs is 9. The molecule has 12 rings (SSSR count). The highest BCUT2D eigenvalue weighted by Crippen LogP contribution is 2.40. The molecule has 3 aromatic heterocycles. The van der Waals surface area contributed by atoms with Gasteiger partial charge in [0, 0.05) is 43.7 Å². The molecule has 5 nitrogen and oxygen atoms in total. The Kier molecular flexibility index (Phi) is 7.29. The summed E-state index contributed by atoms with van der Waals surface area (Å²) in [5.41, 5.74) is 10.8. The van der Waals surface area contributed by atoms with Crippen molar-refractivity contribution >= 4 is 76.4 Å². The highest BCUT2D eigenvalue weighted by Gasteiger charge is 2.19. The minimum absolute atomic E-state index is 0.646. The molecule has 11 aromatic rings. The van der Waals surface area contributed by atoms with Crippen molar-refractivity contribution < 1.29 is 4.42 Å². The lowest BCUT2D eigenvalue weighted by molar-refractivity contribution is 0.669. The van der Waals surface area contributed by atoms with Gasteiger partial charge in [0.05, 0.1) is 11.0 Å². The lowest BCUT2D eigenvalue weighted by atomic mass is 9.92. The van der Waals surface area contributed by atoms with Crippen LogP contribution in [-0.2, 0) is 0 Å². The first-order chi connectivity index (χ1) is 28.7. The molecule has 1 aliphatic rings. The van der Waals surface area contributed by atoms with Gasteiger partial charge in [-0.1, -0.05) is 133 Å². The lowest BCUT2D eigenvalue weighted by Gasteiger charge is -2.16. The van der Waals surface area contributed by atoms with Gasteiger partial charge in [-0.05, 0) is 94.2 Å². The van der Waals surface area contributed by atoms with E-state index in [1.807, 2.05) is 48.5 Å². The number of hydrogen-bond acceptors (Lipinski definition) is 4. The Hall–Kier alpha value is -7.63. The van der Waals surface area contributed by atoms with Crippen molar-refractivity contribution in [1.29, 1.82) is 0 Å². The number of hydrogen-bond donors (Lipinski definition) is 0. The summed E-state index contributed by atoms with van der Waals surface area (Å²) < 4.78 is 8.57. The molecule has 0 aliphatic heterocycles. The van der Waals surface area contributed by atoms with Crippen LogP contribution in [0.4, 0.5) is 0 Å². The van der Waals surface area contributed by atoms with Crippen molar-refractivity contribution in [3.05, 3.63) is 193 Å². The molecule has 0 saturated carbocycles. The number of nitrogens with zero attached hydrogens (tertiary/aromatic N) is 4. The molecule has 0 radical (unpaired) electrons. The van der Waals surface area contributed by atoms with Crippen LogP contribution in [-0.4, -0.2) is 19.5 Å². The van der Waals surface area contributed by atoms with E-state index in [1.54, 1.807) is 0 Å². The topological polar surface area (TPSA) is 56.7 Å². The molecule has 8 aromatic carbocycles. The number of furan rings is 1. The van der Waals surface area contributed by atoms with E-state index in [2.05, 4.69) is 138 Å². The third kappa shape index (κ3) is 5.28. The van der Waals surface area contributed by atoms with E-state index in [1.165, 1.54) is 54.5 Å². The van der Waals surface area contributed by atoms with Crippen LogP contribution in [0.2, 0.25) is 0 Å². The quantitative estimate of drug-likeness (QED) is 0.176. The SMILES string of the molecule is C1=C(c2ccc(-n3c4cc5ccccc5cc4c4ccc5ccccc5c43)cc2)CCC(c2nc(-c3ccccc3)nc(-c3ccc4oc5ccccc5c4c3)n2)=C1. The predicted octanol–water partition coefficient (Wildman–Crippen LogP) is 13.8. The third-order valence-corrected chi connectivity index (χ3v) is 11.8. The van der Waals surface area contributed by atoms with E-state index in [4.69, 9.17) is 19.4 Å². The normalized spacial score (nSPS) is 13.2. The summed E-state index contributed by atoms with van der Waals surface area (Å²) in [5.74, 6) is 2.01. The van der Waals surface area contributed by atoms with E-state index >= 15 is 0 Å². The van der Waals surface area contributed by atoms with Crippen molar-refractivity contribution in [3.63, 3.8) is 0 Å². The van der Waals surface area contributed by atoms with Gasteiger partial charge in [0.2, 0.25) is 0 Å². The van der Waals surface area contributed by atoms with Gasteiger partial charge >= 0.3 is 0 Å². The van der Waals surface area contributed by atoms with E-state index < -0.39 is 0 Å². The summed E-state index contributed by atoms with van der Waals surface area (Å²) in [4.78, 5) is 15.1. The number of benzene rings is 8. The summed E-state index contributed by atoms with van der Waals surface area (Å²) in [6.45, 7) is 0. The first-order valence-electron chi connectivity index (χ1n) is 19.8. The van der Waals surface area contributed by atoms with Crippen LogP contribution >= 0.6 is 0 Å². The zero-order valence-electron chi connectivity index (χ0n) is 31.4. The van der Waals surface area contributed by atoms with Crippen LogP contribution < -0.4 is 0 Å².